The van der Waals surface area contributed by atoms with E-state index in [-0.39, 0.29) is 36.9 Å². The molecule has 1 aromatic carbocycles. The van der Waals surface area contributed by atoms with Gasteiger partial charge in [0, 0.05) is 43.4 Å². The molecule has 1 rings (SSSR count). The number of nitrogens with two attached hydrogens (primary N) is 1. The fourth-order valence-electron chi connectivity index (χ4n) is 3.40. The maximum atomic E-state index is 12.9. The van der Waals surface area contributed by atoms with Crippen LogP contribution < -0.4 is 5.73 Å². The summed E-state index contributed by atoms with van der Waals surface area (Å²) in [5.41, 5.74) is 7.75. The molecule has 0 aromatic heterocycles. The van der Waals surface area contributed by atoms with E-state index < -0.39 is 6.73 Å². The van der Waals surface area contributed by atoms with Gasteiger partial charge in [0.2, 0.25) is 0 Å². The molecule has 164 valence electrons. The first kappa shape index (κ1) is 25.1. The molecule has 7 nitrogen and oxygen atoms in total. The first-order valence-electron chi connectivity index (χ1n) is 10.4. The summed E-state index contributed by atoms with van der Waals surface area (Å²) < 4.78 is 0. The van der Waals surface area contributed by atoms with Gasteiger partial charge in [-0.3, -0.25) is 9.59 Å². The number of amides is 2. The molecule has 2 amide bonds. The lowest BCUT2D eigenvalue weighted by atomic mass is 10.0. The number of aliphatic hydroxyl groups is 2. The Morgan fingerprint density at radius 1 is 1.07 bits per heavy atom. The summed E-state index contributed by atoms with van der Waals surface area (Å²) in [6, 6.07) is 4.71. The van der Waals surface area contributed by atoms with Crippen molar-refractivity contribution in [2.24, 2.45) is 11.7 Å². The molecule has 7 heteroatoms. The molecule has 1 aromatic rings. The van der Waals surface area contributed by atoms with Crippen LogP contribution in [0.5, 0.6) is 0 Å². The van der Waals surface area contributed by atoms with E-state index in [1.165, 1.54) is 4.90 Å². The van der Waals surface area contributed by atoms with Crippen LogP contribution in [0.15, 0.2) is 18.2 Å². The van der Waals surface area contributed by atoms with Gasteiger partial charge in [0.1, 0.15) is 6.73 Å². The Hall–Kier alpha value is -1.96. The molecule has 29 heavy (non-hydrogen) atoms. The van der Waals surface area contributed by atoms with Crippen LogP contribution in [-0.4, -0.2) is 70.8 Å². The van der Waals surface area contributed by atoms with Gasteiger partial charge in [-0.1, -0.05) is 20.8 Å². The number of aryl methyl sites for hydroxylation is 1. The predicted octanol–water partition coefficient (Wildman–Crippen LogP) is 2.00. The van der Waals surface area contributed by atoms with Gasteiger partial charge in [0.15, 0.2) is 0 Å². The number of carbonyl (C=O) groups excluding carboxylic acids is 2. The van der Waals surface area contributed by atoms with Gasteiger partial charge < -0.3 is 25.7 Å². The second kappa shape index (κ2) is 12.6. The average Bonchev–Trinajstić information content (AvgIpc) is 2.70. The minimum atomic E-state index is -0.444. The van der Waals surface area contributed by atoms with Gasteiger partial charge in [0.25, 0.3) is 11.8 Å². The maximum Gasteiger partial charge on any atom is 0.255 e. The summed E-state index contributed by atoms with van der Waals surface area (Å²) in [6.07, 6.45) is 2.33. The van der Waals surface area contributed by atoms with E-state index >= 15 is 0 Å². The van der Waals surface area contributed by atoms with Crippen molar-refractivity contribution >= 4 is 11.8 Å². The monoisotopic (exact) mass is 407 g/mol. The third kappa shape index (κ3) is 7.42. The Morgan fingerprint density at radius 3 is 2.17 bits per heavy atom. The molecule has 0 aliphatic carbocycles. The van der Waals surface area contributed by atoms with Crippen LogP contribution in [0.4, 0.5) is 0 Å². The van der Waals surface area contributed by atoms with Crippen LogP contribution in [-0.2, 0) is 0 Å². The summed E-state index contributed by atoms with van der Waals surface area (Å²) in [4.78, 5) is 28.8. The molecule has 2 atom stereocenters. The zero-order valence-electron chi connectivity index (χ0n) is 18.2. The van der Waals surface area contributed by atoms with Gasteiger partial charge in [-0.05, 0) is 55.9 Å². The first-order valence-corrected chi connectivity index (χ1v) is 10.4. The minimum absolute atomic E-state index is 0.0295. The summed E-state index contributed by atoms with van der Waals surface area (Å²) in [7, 11) is 0. The molecule has 4 N–H and O–H groups in total. The van der Waals surface area contributed by atoms with Gasteiger partial charge in [0.05, 0.1) is 0 Å². The zero-order chi connectivity index (χ0) is 22.0. The summed E-state index contributed by atoms with van der Waals surface area (Å²) in [6.45, 7) is 8.94. The summed E-state index contributed by atoms with van der Waals surface area (Å²) in [5.74, 6) is -0.327. The smallest absolute Gasteiger partial charge is 0.255 e. The van der Waals surface area contributed by atoms with Crippen LogP contribution in [0.25, 0.3) is 0 Å². The number of carbonyl (C=O) groups is 2. The topological polar surface area (TPSA) is 107 Å². The molecule has 0 fully saturated rings. The number of nitrogens with zero attached hydrogens (tertiary/aromatic N) is 2. The van der Waals surface area contributed by atoms with E-state index in [1.54, 1.807) is 25.1 Å². The molecule has 0 aliphatic heterocycles. The van der Waals surface area contributed by atoms with Crippen LogP contribution in [0.3, 0.4) is 0 Å². The van der Waals surface area contributed by atoms with E-state index in [9.17, 15) is 14.7 Å². The Kier molecular flexibility index (Phi) is 10.9. The minimum Gasteiger partial charge on any atom is -0.396 e. The second-order valence-corrected chi connectivity index (χ2v) is 7.77. The largest absolute Gasteiger partial charge is 0.396 e. The third-order valence-electron chi connectivity index (χ3n) is 4.91. The highest BCUT2D eigenvalue weighted by Crippen LogP contribution is 2.16. The third-order valence-corrected chi connectivity index (χ3v) is 4.91. The molecule has 0 saturated carbocycles. The highest BCUT2D eigenvalue weighted by Gasteiger charge is 2.22. The fraction of sp³-hybridized carbons (Fsp3) is 0.636. The van der Waals surface area contributed by atoms with Crippen molar-refractivity contribution in [3.63, 3.8) is 0 Å². The highest BCUT2D eigenvalue weighted by molar-refractivity contribution is 5.99. The van der Waals surface area contributed by atoms with Crippen LogP contribution in [0.1, 0.15) is 66.3 Å². The number of benzene rings is 1. The number of hydrogen-bond donors (Lipinski definition) is 3. The van der Waals surface area contributed by atoms with Crippen molar-refractivity contribution < 1.29 is 19.8 Å². The summed E-state index contributed by atoms with van der Waals surface area (Å²) in [5, 5.41) is 18.8. The molecule has 0 saturated heterocycles. The highest BCUT2D eigenvalue weighted by atomic mass is 16.3. The van der Waals surface area contributed by atoms with Gasteiger partial charge in [-0.15, -0.1) is 0 Å². The number of rotatable bonds is 12. The second-order valence-electron chi connectivity index (χ2n) is 7.77. The van der Waals surface area contributed by atoms with Crippen LogP contribution >= 0.6 is 0 Å². The van der Waals surface area contributed by atoms with E-state index in [4.69, 9.17) is 10.8 Å². The Morgan fingerprint density at radius 2 is 1.69 bits per heavy atom. The molecular weight excluding hydrogens is 370 g/mol. The standard InChI is InChI=1S/C22H37N3O4/c1-5-9-24(10-6-2)21(28)18-7-8-20(17(4)12-18)22(29)25(15-27)13-19(23)11-16(3)14-26/h7-8,12,16,19,26-27H,5-6,9-11,13-15,23H2,1-4H3. The summed E-state index contributed by atoms with van der Waals surface area (Å²) >= 11 is 0. The number of hydrogen-bond acceptors (Lipinski definition) is 5. The van der Waals surface area contributed by atoms with Crippen molar-refractivity contribution in [1.82, 2.24) is 9.80 Å². The van der Waals surface area contributed by atoms with Crippen LogP contribution in [0.2, 0.25) is 0 Å². The van der Waals surface area contributed by atoms with Gasteiger partial charge in [-0.2, -0.15) is 0 Å². The van der Waals surface area contributed by atoms with Crippen molar-refractivity contribution in [1.29, 1.82) is 0 Å². The van der Waals surface area contributed by atoms with Crippen molar-refractivity contribution in [2.75, 3.05) is 33.0 Å². The molecule has 0 spiro atoms. The van der Waals surface area contributed by atoms with E-state index in [2.05, 4.69) is 0 Å². The van der Waals surface area contributed by atoms with E-state index in [0.717, 1.165) is 12.8 Å². The Bertz CT molecular complexity index is 659. The Balaban J connectivity index is 2.95. The molecule has 2 unspecified atom stereocenters. The van der Waals surface area contributed by atoms with E-state index in [1.807, 2.05) is 25.7 Å². The fourth-order valence-corrected chi connectivity index (χ4v) is 3.40. The normalized spacial score (nSPS) is 13.1. The molecule has 0 heterocycles. The lowest BCUT2D eigenvalue weighted by Crippen LogP contribution is -2.42. The average molecular weight is 408 g/mol. The number of aliphatic hydroxyl groups excluding tert-OH is 2. The molecular formula is C22H37N3O4. The molecule has 0 radical (unpaired) electrons. The Labute approximate surface area is 174 Å². The quantitative estimate of drug-likeness (QED) is 0.459. The lowest BCUT2D eigenvalue weighted by Gasteiger charge is -2.26. The molecule has 0 bridgehead atoms. The lowest BCUT2D eigenvalue weighted by molar-refractivity contribution is 0.0525. The van der Waals surface area contributed by atoms with Gasteiger partial charge >= 0.3 is 0 Å². The zero-order valence-corrected chi connectivity index (χ0v) is 18.2. The predicted molar refractivity (Wildman–Crippen MR) is 115 cm³/mol. The van der Waals surface area contributed by atoms with Gasteiger partial charge in [-0.25, -0.2) is 0 Å². The SMILES string of the molecule is CCCN(CCC)C(=O)c1ccc(C(=O)N(CO)CC(N)CC(C)CO)c(C)c1. The van der Waals surface area contributed by atoms with Crippen molar-refractivity contribution in [3.8, 4) is 0 Å². The van der Waals surface area contributed by atoms with E-state index in [0.29, 0.717) is 36.2 Å². The van der Waals surface area contributed by atoms with Crippen molar-refractivity contribution in [3.05, 3.63) is 34.9 Å². The van der Waals surface area contributed by atoms with Crippen LogP contribution in [0, 0.1) is 12.8 Å². The maximum absolute atomic E-state index is 12.9. The van der Waals surface area contributed by atoms with Crippen molar-refractivity contribution in [2.45, 2.75) is 53.0 Å². The molecule has 0 aliphatic rings. The first-order chi connectivity index (χ1) is 13.8.